The molecular weight excluding hydrogens is 654 g/mol. The van der Waals surface area contributed by atoms with Gasteiger partial charge in [-0.15, -0.1) is 0 Å². The van der Waals surface area contributed by atoms with E-state index >= 15 is 0 Å². The highest BCUT2D eigenvalue weighted by molar-refractivity contribution is 7.92. The zero-order valence-corrected chi connectivity index (χ0v) is 28.5. The van der Waals surface area contributed by atoms with Gasteiger partial charge in [0.05, 0.1) is 36.9 Å². The lowest BCUT2D eigenvalue weighted by Crippen LogP contribution is -2.48. The molecule has 4 aromatic rings. The number of oxime groups is 1. The molecule has 49 heavy (non-hydrogen) atoms. The Kier molecular flexibility index (Phi) is 12.8. The van der Waals surface area contributed by atoms with Crippen molar-refractivity contribution in [1.29, 1.82) is 0 Å². The molecule has 0 spiro atoms. The van der Waals surface area contributed by atoms with Crippen LogP contribution in [0.1, 0.15) is 39.5 Å². The molecule has 1 amide bonds. The van der Waals surface area contributed by atoms with Crippen LogP contribution in [0.5, 0.6) is 5.75 Å². The molecule has 0 aromatic heterocycles. The van der Waals surface area contributed by atoms with E-state index in [1.165, 1.54) is 19.2 Å². The maximum Gasteiger partial charge on any atom is 0.251 e. The van der Waals surface area contributed by atoms with Crippen molar-refractivity contribution < 1.29 is 36.7 Å². The maximum atomic E-state index is 14.1. The average Bonchev–Trinajstić information content (AvgIpc) is 3.07. The summed E-state index contributed by atoms with van der Waals surface area (Å²) in [5.41, 5.74) is 3.05. The zero-order valence-electron chi connectivity index (χ0n) is 27.7. The van der Waals surface area contributed by atoms with E-state index in [4.69, 9.17) is 9.57 Å². The first-order chi connectivity index (χ1) is 23.3. The van der Waals surface area contributed by atoms with Gasteiger partial charge in [0.1, 0.15) is 24.0 Å². The predicted octanol–water partition coefficient (Wildman–Crippen LogP) is 4.80. The number of carbonyl (C=O) groups is 1. The number of ether oxygens (including phenoxy) is 1. The number of amides is 1. The van der Waals surface area contributed by atoms with Gasteiger partial charge in [-0.2, -0.15) is 0 Å². The van der Waals surface area contributed by atoms with E-state index in [0.29, 0.717) is 23.6 Å². The maximum absolute atomic E-state index is 14.1. The summed E-state index contributed by atoms with van der Waals surface area (Å²) < 4.78 is 59.4. The van der Waals surface area contributed by atoms with Gasteiger partial charge in [-0.1, -0.05) is 47.6 Å². The van der Waals surface area contributed by atoms with Crippen LogP contribution in [0.4, 0.5) is 14.5 Å². The minimum atomic E-state index is -3.71. The molecule has 0 radical (unpaired) electrons. The quantitative estimate of drug-likeness (QED) is 0.114. The second-order valence-corrected chi connectivity index (χ2v) is 13.6. The number of benzene rings is 4. The molecule has 0 saturated carbocycles. The highest BCUT2D eigenvalue weighted by Crippen LogP contribution is 2.22. The van der Waals surface area contributed by atoms with Crippen LogP contribution in [-0.2, 0) is 34.4 Å². The minimum Gasteiger partial charge on any atom is -0.497 e. The Bertz CT molecular complexity index is 1850. The molecule has 4 rings (SSSR count). The first kappa shape index (κ1) is 37.0. The number of anilines is 1. The molecule has 0 saturated heterocycles. The summed E-state index contributed by atoms with van der Waals surface area (Å²) in [6.45, 7) is 2.25. The van der Waals surface area contributed by atoms with Crippen LogP contribution >= 0.6 is 0 Å². The van der Waals surface area contributed by atoms with Crippen molar-refractivity contribution in [2.45, 2.75) is 38.6 Å². The van der Waals surface area contributed by atoms with Crippen molar-refractivity contribution in [3.05, 3.63) is 130 Å². The third-order valence-electron chi connectivity index (χ3n) is 7.71. The third kappa shape index (κ3) is 11.1. The summed E-state index contributed by atoms with van der Waals surface area (Å²) in [6.07, 6.45) is -0.268. The fourth-order valence-corrected chi connectivity index (χ4v) is 5.45. The topological polar surface area (TPSA) is 130 Å². The van der Waals surface area contributed by atoms with E-state index < -0.39 is 39.7 Å². The van der Waals surface area contributed by atoms with Gasteiger partial charge in [0.2, 0.25) is 10.0 Å². The first-order valence-corrected chi connectivity index (χ1v) is 17.2. The van der Waals surface area contributed by atoms with Crippen molar-refractivity contribution >= 4 is 27.3 Å². The SMILES string of the molecule is COc1cccc(CNC[C@@H](O)[C@H](Cc2cc(F)cc(F)c2)NC(=O)c2cc(/C(C)=N/OCc3ccccc3)cc(N(C)S(C)(=O)=O)c2)c1. The van der Waals surface area contributed by atoms with Crippen LogP contribution in [0.3, 0.4) is 0 Å². The number of rotatable bonds is 16. The summed E-state index contributed by atoms with van der Waals surface area (Å²) in [5.74, 6) is -1.58. The van der Waals surface area contributed by atoms with Crippen molar-refractivity contribution in [3.63, 3.8) is 0 Å². The molecule has 0 unspecified atom stereocenters. The number of carbonyl (C=O) groups excluding carboxylic acids is 1. The van der Waals surface area contributed by atoms with Gasteiger partial charge < -0.3 is 25.3 Å². The summed E-state index contributed by atoms with van der Waals surface area (Å²) in [4.78, 5) is 19.3. The molecule has 2 atom stereocenters. The Labute approximate surface area is 285 Å². The van der Waals surface area contributed by atoms with E-state index in [9.17, 15) is 27.1 Å². The van der Waals surface area contributed by atoms with Crippen LogP contribution in [0.2, 0.25) is 0 Å². The highest BCUT2D eigenvalue weighted by atomic mass is 32.2. The average molecular weight is 695 g/mol. The van der Waals surface area contributed by atoms with Gasteiger partial charge in [-0.3, -0.25) is 9.10 Å². The molecule has 4 aromatic carbocycles. The molecule has 0 aliphatic carbocycles. The number of nitrogens with zero attached hydrogens (tertiary/aromatic N) is 2. The Morgan fingerprint density at radius 2 is 1.59 bits per heavy atom. The third-order valence-corrected chi connectivity index (χ3v) is 8.92. The Hall–Kier alpha value is -4.85. The van der Waals surface area contributed by atoms with E-state index in [1.54, 1.807) is 26.2 Å². The first-order valence-electron chi connectivity index (χ1n) is 15.4. The minimum absolute atomic E-state index is 0.0204. The number of sulfonamides is 1. The summed E-state index contributed by atoms with van der Waals surface area (Å²) in [5, 5.41) is 21.4. The van der Waals surface area contributed by atoms with Gasteiger partial charge in [-0.05, 0) is 72.5 Å². The van der Waals surface area contributed by atoms with E-state index in [-0.39, 0.29) is 36.4 Å². The fraction of sp³-hybridized carbons (Fsp3) is 0.278. The van der Waals surface area contributed by atoms with Crippen LogP contribution in [0.15, 0.2) is 96.2 Å². The smallest absolute Gasteiger partial charge is 0.251 e. The van der Waals surface area contributed by atoms with Crippen LogP contribution in [0.25, 0.3) is 0 Å². The van der Waals surface area contributed by atoms with Crippen LogP contribution < -0.4 is 19.7 Å². The van der Waals surface area contributed by atoms with Crippen molar-refractivity contribution in [2.75, 3.05) is 31.3 Å². The normalized spacial score (nSPS) is 13.0. The molecule has 13 heteroatoms. The number of hydrogen-bond donors (Lipinski definition) is 3. The molecule has 0 aliphatic heterocycles. The molecule has 0 aliphatic rings. The standard InChI is InChI=1S/C36H40F2N4O6S/c1-24(41-48-23-25-9-6-5-7-10-25)28-17-29(19-32(18-28)42(2)49(4,45)46)36(44)40-34(16-27-13-30(37)20-31(38)14-27)35(43)22-39-21-26-11-8-12-33(15-26)47-3/h5-15,17-20,34-35,39,43H,16,21-23H2,1-4H3,(H,40,44)/b41-24+/t34-,35+/m0/s1. The molecule has 3 N–H and O–H groups in total. The second-order valence-electron chi connectivity index (χ2n) is 11.5. The van der Waals surface area contributed by atoms with Crippen LogP contribution in [-0.4, -0.2) is 64.2 Å². The number of methoxy groups -OCH3 is 1. The summed E-state index contributed by atoms with van der Waals surface area (Å²) >= 11 is 0. The van der Waals surface area contributed by atoms with Gasteiger partial charge in [0.25, 0.3) is 5.91 Å². The second kappa shape index (κ2) is 17.0. The number of aliphatic hydroxyl groups excluding tert-OH is 1. The van der Waals surface area contributed by atoms with Crippen molar-refractivity contribution in [1.82, 2.24) is 10.6 Å². The lowest BCUT2D eigenvalue weighted by Gasteiger charge is -2.26. The monoisotopic (exact) mass is 694 g/mol. The van der Waals surface area contributed by atoms with Gasteiger partial charge in [0, 0.05) is 37.3 Å². The predicted molar refractivity (Wildman–Crippen MR) is 185 cm³/mol. The summed E-state index contributed by atoms with van der Waals surface area (Å²) in [7, 11) is -0.799. The van der Waals surface area contributed by atoms with E-state index in [0.717, 1.165) is 39.9 Å². The number of hydrogen-bond acceptors (Lipinski definition) is 8. The van der Waals surface area contributed by atoms with Gasteiger partial charge >= 0.3 is 0 Å². The Morgan fingerprint density at radius 3 is 2.27 bits per heavy atom. The lowest BCUT2D eigenvalue weighted by molar-refractivity contribution is 0.0829. The summed E-state index contributed by atoms with van der Waals surface area (Å²) in [6, 6.07) is 23.2. The Morgan fingerprint density at radius 1 is 0.918 bits per heavy atom. The van der Waals surface area contributed by atoms with Gasteiger partial charge in [0.15, 0.2) is 0 Å². The highest BCUT2D eigenvalue weighted by Gasteiger charge is 2.25. The number of aliphatic hydroxyl groups is 1. The fourth-order valence-electron chi connectivity index (χ4n) is 4.96. The largest absolute Gasteiger partial charge is 0.497 e. The molecule has 0 bridgehead atoms. The zero-order chi connectivity index (χ0) is 35.6. The van der Waals surface area contributed by atoms with E-state index in [1.807, 2.05) is 48.5 Å². The van der Waals surface area contributed by atoms with E-state index in [2.05, 4.69) is 15.8 Å². The molecular formula is C36H40F2N4O6S. The number of halogens is 2. The molecule has 0 fully saturated rings. The molecule has 260 valence electrons. The molecule has 10 nitrogen and oxygen atoms in total. The van der Waals surface area contributed by atoms with Crippen molar-refractivity contribution in [2.24, 2.45) is 5.16 Å². The van der Waals surface area contributed by atoms with Gasteiger partial charge in [-0.25, -0.2) is 17.2 Å². The van der Waals surface area contributed by atoms with Crippen molar-refractivity contribution in [3.8, 4) is 5.75 Å². The Balaban J connectivity index is 1.60. The van der Waals surface area contributed by atoms with Crippen LogP contribution in [0, 0.1) is 11.6 Å². The number of nitrogens with one attached hydrogen (secondary N) is 2. The molecule has 0 heterocycles. The lowest BCUT2D eigenvalue weighted by atomic mass is 9.99.